The second kappa shape index (κ2) is 12.7. The first-order valence-electron chi connectivity index (χ1n) is 10.6. The van der Waals surface area contributed by atoms with Crippen LogP contribution in [0.15, 0.2) is 11.2 Å². The number of unbranched alkanes of at least 4 members (excludes halogenated alkanes) is 1. The molecule has 2 heterocycles. The zero-order valence-electron chi connectivity index (χ0n) is 17.4. The van der Waals surface area contributed by atoms with Gasteiger partial charge in [0.1, 0.15) is 0 Å². The number of hydrogen-bond acceptors (Lipinski definition) is 5. The van der Waals surface area contributed by atoms with Crippen molar-refractivity contribution in [1.29, 1.82) is 0 Å². The van der Waals surface area contributed by atoms with E-state index in [0.717, 1.165) is 83.8 Å². The maximum atomic E-state index is 11.2. The lowest BCUT2D eigenvalue weighted by Gasteiger charge is -2.30. The molecule has 1 aromatic rings. The minimum atomic E-state index is -0.141. The lowest BCUT2D eigenvalue weighted by atomic mass is 9.96. The molecule has 0 unspecified atom stereocenters. The molecule has 8 heteroatoms. The number of nitrogens with one attached hydrogen (secondary N) is 2. The molecule has 0 aliphatic carbocycles. The number of primary amides is 1. The van der Waals surface area contributed by atoms with E-state index >= 15 is 0 Å². The molecule has 7 nitrogen and oxygen atoms in total. The van der Waals surface area contributed by atoms with E-state index in [4.69, 9.17) is 5.73 Å². The Bertz CT molecular complexity index is 610. The van der Waals surface area contributed by atoms with E-state index < -0.39 is 0 Å². The maximum absolute atomic E-state index is 11.2. The third kappa shape index (κ3) is 8.14. The second-order valence-electron chi connectivity index (χ2n) is 7.24. The molecule has 0 aromatic carbocycles. The van der Waals surface area contributed by atoms with Crippen LogP contribution in [0.2, 0.25) is 0 Å². The normalized spacial score (nSPS) is 16.3. The van der Waals surface area contributed by atoms with Crippen LogP contribution in [-0.2, 0) is 17.6 Å². The fraction of sp³-hybridized carbons (Fsp3) is 0.750. The molecule has 1 fully saturated rings. The zero-order chi connectivity index (χ0) is 20.2. The number of aromatic nitrogens is 1. The summed E-state index contributed by atoms with van der Waals surface area (Å²) in [5.41, 5.74) is 5.39. The van der Waals surface area contributed by atoms with Crippen molar-refractivity contribution in [2.45, 2.75) is 52.4 Å². The molecule has 1 aliphatic heterocycles. The van der Waals surface area contributed by atoms with Crippen LogP contribution in [0, 0.1) is 5.92 Å². The highest BCUT2D eigenvalue weighted by Crippen LogP contribution is 2.17. The van der Waals surface area contributed by atoms with Crippen molar-refractivity contribution in [2.75, 3.05) is 39.3 Å². The summed E-state index contributed by atoms with van der Waals surface area (Å²) in [6.07, 6.45) is 7.97. The van der Waals surface area contributed by atoms with Crippen LogP contribution in [-0.4, -0.2) is 61.0 Å². The van der Waals surface area contributed by atoms with E-state index in [1.165, 1.54) is 9.88 Å². The van der Waals surface area contributed by atoms with Crippen LogP contribution in [0.25, 0.3) is 0 Å². The van der Waals surface area contributed by atoms with Crippen LogP contribution in [0.3, 0.4) is 0 Å². The van der Waals surface area contributed by atoms with Gasteiger partial charge in [-0.3, -0.25) is 9.79 Å². The highest BCUT2D eigenvalue weighted by atomic mass is 32.1. The van der Waals surface area contributed by atoms with Crippen LogP contribution in [0.4, 0.5) is 0 Å². The molecule has 0 saturated carbocycles. The van der Waals surface area contributed by atoms with Gasteiger partial charge in [-0.05, 0) is 58.7 Å². The van der Waals surface area contributed by atoms with Gasteiger partial charge in [0.05, 0.1) is 5.01 Å². The Kier molecular flexibility index (Phi) is 10.3. The third-order valence-electron chi connectivity index (χ3n) is 5.07. The predicted octanol–water partition coefficient (Wildman–Crippen LogP) is 1.78. The van der Waals surface area contributed by atoms with Crippen LogP contribution in [0.1, 0.15) is 49.4 Å². The molecule has 0 spiro atoms. The lowest BCUT2D eigenvalue weighted by molar-refractivity contribution is -0.123. The van der Waals surface area contributed by atoms with Gasteiger partial charge in [0.2, 0.25) is 5.91 Å². The molecule has 4 N–H and O–H groups in total. The van der Waals surface area contributed by atoms with Gasteiger partial charge >= 0.3 is 0 Å². The molecule has 0 bridgehead atoms. The molecular weight excluding hydrogens is 372 g/mol. The van der Waals surface area contributed by atoms with Gasteiger partial charge in [-0.15, -0.1) is 11.3 Å². The number of amides is 1. The van der Waals surface area contributed by atoms with Crippen LogP contribution in [0.5, 0.6) is 0 Å². The fourth-order valence-electron chi connectivity index (χ4n) is 3.34. The van der Waals surface area contributed by atoms with Gasteiger partial charge in [0.25, 0.3) is 0 Å². The SMILES string of the molecule is CCNC(=NCCCCN1CCC(C(N)=O)CC1)NCCc1ncc(CC)s1. The van der Waals surface area contributed by atoms with Crippen molar-refractivity contribution in [3.05, 3.63) is 16.1 Å². The van der Waals surface area contributed by atoms with Crippen LogP contribution < -0.4 is 16.4 Å². The van der Waals surface area contributed by atoms with Crippen LogP contribution >= 0.6 is 11.3 Å². The highest BCUT2D eigenvalue weighted by molar-refractivity contribution is 7.11. The smallest absolute Gasteiger partial charge is 0.220 e. The van der Waals surface area contributed by atoms with E-state index in [1.807, 2.05) is 6.20 Å². The van der Waals surface area contributed by atoms with Crippen molar-refractivity contribution >= 4 is 23.2 Å². The van der Waals surface area contributed by atoms with Gasteiger partial charge in [-0.25, -0.2) is 4.98 Å². The Balaban J connectivity index is 1.60. The molecule has 2 rings (SSSR count). The van der Waals surface area contributed by atoms with E-state index in [2.05, 4.69) is 39.4 Å². The summed E-state index contributed by atoms with van der Waals surface area (Å²) in [7, 11) is 0. The Morgan fingerprint density at radius 2 is 2.11 bits per heavy atom. The minimum absolute atomic E-state index is 0.0764. The number of piperidine rings is 1. The largest absolute Gasteiger partial charge is 0.369 e. The molecule has 0 radical (unpaired) electrons. The summed E-state index contributed by atoms with van der Waals surface area (Å²) in [5.74, 6) is 0.822. The molecule has 1 saturated heterocycles. The summed E-state index contributed by atoms with van der Waals surface area (Å²) in [6.45, 7) is 9.82. The van der Waals surface area contributed by atoms with Gasteiger partial charge < -0.3 is 21.3 Å². The highest BCUT2D eigenvalue weighted by Gasteiger charge is 2.22. The Hall–Kier alpha value is -1.67. The first kappa shape index (κ1) is 22.6. The number of aliphatic imine (C=N–C) groups is 1. The quantitative estimate of drug-likeness (QED) is 0.295. The second-order valence-corrected chi connectivity index (χ2v) is 8.44. The number of carbonyl (C=O) groups excluding carboxylic acids is 1. The van der Waals surface area contributed by atoms with Gasteiger partial charge in [-0.2, -0.15) is 0 Å². The third-order valence-corrected chi connectivity index (χ3v) is 6.27. The standard InChI is InChI=1S/C20H36N6OS/c1-3-17-15-25-18(28-17)7-11-24-20(22-4-2)23-10-5-6-12-26-13-8-16(9-14-26)19(21)27/h15-16H,3-14H2,1-2H3,(H2,21,27)(H2,22,23,24). The predicted molar refractivity (Wildman–Crippen MR) is 117 cm³/mol. The van der Waals surface area contributed by atoms with E-state index in [9.17, 15) is 4.79 Å². The number of nitrogens with zero attached hydrogens (tertiary/aromatic N) is 3. The van der Waals surface area contributed by atoms with E-state index in [0.29, 0.717) is 0 Å². The Labute approximate surface area is 173 Å². The summed E-state index contributed by atoms with van der Waals surface area (Å²) in [5, 5.41) is 7.89. The van der Waals surface area contributed by atoms with Crippen molar-refractivity contribution in [2.24, 2.45) is 16.6 Å². The summed E-state index contributed by atoms with van der Waals surface area (Å²) in [6, 6.07) is 0. The summed E-state index contributed by atoms with van der Waals surface area (Å²) < 4.78 is 0. The monoisotopic (exact) mass is 408 g/mol. The number of carbonyl (C=O) groups is 1. The minimum Gasteiger partial charge on any atom is -0.369 e. The fourth-order valence-corrected chi connectivity index (χ4v) is 4.20. The van der Waals surface area contributed by atoms with Crippen molar-refractivity contribution < 1.29 is 4.79 Å². The zero-order valence-corrected chi connectivity index (χ0v) is 18.2. The van der Waals surface area contributed by atoms with E-state index in [-0.39, 0.29) is 11.8 Å². The molecule has 28 heavy (non-hydrogen) atoms. The summed E-state index contributed by atoms with van der Waals surface area (Å²) >= 11 is 1.80. The van der Waals surface area contributed by atoms with Gasteiger partial charge in [-0.1, -0.05) is 6.92 Å². The number of aryl methyl sites for hydroxylation is 1. The van der Waals surface area contributed by atoms with Crippen molar-refractivity contribution in [3.63, 3.8) is 0 Å². The summed E-state index contributed by atoms with van der Waals surface area (Å²) in [4.78, 5) is 24.1. The Morgan fingerprint density at radius 1 is 1.32 bits per heavy atom. The average Bonchev–Trinajstić information content (AvgIpc) is 3.16. The molecular formula is C20H36N6OS. The van der Waals surface area contributed by atoms with Crippen molar-refractivity contribution in [3.8, 4) is 0 Å². The molecule has 1 amide bonds. The number of thiazole rings is 1. The maximum Gasteiger partial charge on any atom is 0.220 e. The first-order valence-corrected chi connectivity index (χ1v) is 11.4. The number of guanidine groups is 1. The van der Waals surface area contributed by atoms with E-state index in [1.54, 1.807) is 11.3 Å². The number of likely N-dealkylation sites (tertiary alicyclic amines) is 1. The lowest BCUT2D eigenvalue weighted by Crippen LogP contribution is -2.39. The number of nitrogens with two attached hydrogens (primary N) is 1. The van der Waals surface area contributed by atoms with Crippen molar-refractivity contribution in [1.82, 2.24) is 20.5 Å². The topological polar surface area (TPSA) is 95.6 Å². The molecule has 0 atom stereocenters. The number of hydrogen-bond donors (Lipinski definition) is 3. The molecule has 1 aromatic heterocycles. The first-order chi connectivity index (χ1) is 13.6. The molecule has 1 aliphatic rings. The van der Waals surface area contributed by atoms with Gasteiger partial charge in [0.15, 0.2) is 5.96 Å². The van der Waals surface area contributed by atoms with Gasteiger partial charge in [0, 0.05) is 43.0 Å². The Morgan fingerprint density at radius 3 is 2.75 bits per heavy atom. The molecule has 158 valence electrons. The number of rotatable bonds is 11. The average molecular weight is 409 g/mol.